The van der Waals surface area contributed by atoms with Gasteiger partial charge < -0.3 is 25.4 Å². The quantitative estimate of drug-likeness (QED) is 0.270. The Balaban J connectivity index is 1.57. The Morgan fingerprint density at radius 2 is 2.05 bits per heavy atom. The number of rotatable bonds is 4. The van der Waals surface area contributed by atoms with Gasteiger partial charge in [0.15, 0.2) is 11.5 Å². The Morgan fingerprint density at radius 3 is 2.71 bits per heavy atom. The van der Waals surface area contributed by atoms with Gasteiger partial charge in [-0.05, 0) is 26.3 Å². The molecule has 0 bridgehead atoms. The molecule has 42 heavy (non-hydrogen) atoms. The van der Waals surface area contributed by atoms with Crippen LogP contribution in [0.1, 0.15) is 69.1 Å². The maximum Gasteiger partial charge on any atom is 0.418 e. The van der Waals surface area contributed by atoms with Gasteiger partial charge >= 0.3 is 12.2 Å². The first-order chi connectivity index (χ1) is 20.0. The molecule has 222 valence electrons. The summed E-state index contributed by atoms with van der Waals surface area (Å²) in [4.78, 5) is 23.3. The molecule has 2 aromatic heterocycles. The van der Waals surface area contributed by atoms with E-state index in [0.717, 1.165) is 17.3 Å². The minimum absolute atomic E-state index is 0.00607. The van der Waals surface area contributed by atoms with E-state index in [4.69, 9.17) is 15.2 Å². The predicted octanol–water partition coefficient (Wildman–Crippen LogP) is 3.69. The molecule has 1 amide bonds. The summed E-state index contributed by atoms with van der Waals surface area (Å²) in [6, 6.07) is 0.895. The third-order valence-electron chi connectivity index (χ3n) is 7.43. The van der Waals surface area contributed by atoms with E-state index in [1.807, 2.05) is 11.8 Å². The van der Waals surface area contributed by atoms with Gasteiger partial charge in [0, 0.05) is 48.8 Å². The lowest BCUT2D eigenvalue weighted by Gasteiger charge is -2.32. The molecule has 1 atom stereocenters. The van der Waals surface area contributed by atoms with E-state index < -0.39 is 40.5 Å². The number of nitrogens with zero attached hydrogens (tertiary/aromatic N) is 5. The number of ether oxygens (including phenoxy) is 2. The molecule has 1 unspecified atom stereocenters. The SMILES string of the molecule is CC#Cc1cc(N)c(F)c(C2Cc3nc(OC)nc(N4CCCn5nc(C(=O)NC)c(C)c5C4)c3CO2)c1C(F)(F)F. The number of hydrogen-bond acceptors (Lipinski definition) is 8. The highest BCUT2D eigenvalue weighted by atomic mass is 19.4. The van der Waals surface area contributed by atoms with E-state index >= 15 is 4.39 Å². The van der Waals surface area contributed by atoms with E-state index in [2.05, 4.69) is 32.2 Å². The second kappa shape index (κ2) is 11.1. The molecule has 0 saturated heterocycles. The number of nitrogens with one attached hydrogen (secondary N) is 1. The van der Waals surface area contributed by atoms with Crippen LogP contribution in [0.15, 0.2) is 6.07 Å². The van der Waals surface area contributed by atoms with Gasteiger partial charge in [-0.3, -0.25) is 9.48 Å². The van der Waals surface area contributed by atoms with Crippen molar-refractivity contribution in [1.82, 2.24) is 25.1 Å². The Morgan fingerprint density at radius 1 is 1.29 bits per heavy atom. The number of alkyl halides is 3. The molecule has 14 heteroatoms. The fraction of sp³-hybridized carbons (Fsp3) is 0.429. The van der Waals surface area contributed by atoms with Crippen LogP contribution in [0.3, 0.4) is 0 Å². The van der Waals surface area contributed by atoms with Crippen LogP contribution < -0.4 is 20.7 Å². The standard InChI is InChI=1S/C28H29F4N7O3/c1-5-7-15-10-17(33)23(29)21(22(15)28(30,31)32)20-11-18-16(13-42-20)25(36-27(35-18)41-4)38-8-6-9-39-19(12-38)14(2)24(37-39)26(40)34-3/h10,20H,6,8-9,11-13,33H2,1-4H3,(H,34,40). The van der Waals surface area contributed by atoms with Crippen molar-refractivity contribution in [2.24, 2.45) is 0 Å². The molecule has 0 radical (unpaired) electrons. The molecule has 0 fully saturated rings. The number of carbonyl (C=O) groups is 1. The summed E-state index contributed by atoms with van der Waals surface area (Å²) in [5.74, 6) is 3.81. The average Bonchev–Trinajstić information content (AvgIpc) is 3.12. The fourth-order valence-electron chi connectivity index (χ4n) is 5.47. The van der Waals surface area contributed by atoms with Crippen molar-refractivity contribution in [3.8, 4) is 17.9 Å². The minimum atomic E-state index is -4.92. The Kier molecular flexibility index (Phi) is 7.72. The molecule has 5 rings (SSSR count). The number of nitrogen functional groups attached to an aromatic ring is 1. The number of methoxy groups -OCH3 is 1. The van der Waals surface area contributed by atoms with E-state index in [1.165, 1.54) is 21.1 Å². The first-order valence-electron chi connectivity index (χ1n) is 13.2. The molecule has 0 aliphatic carbocycles. The molecule has 1 aromatic carbocycles. The van der Waals surface area contributed by atoms with Gasteiger partial charge in [-0.25, -0.2) is 4.39 Å². The van der Waals surface area contributed by atoms with E-state index in [1.54, 1.807) is 4.68 Å². The molecular formula is C28H29F4N7O3. The largest absolute Gasteiger partial charge is 0.467 e. The smallest absolute Gasteiger partial charge is 0.418 e. The monoisotopic (exact) mass is 587 g/mol. The fourth-order valence-corrected chi connectivity index (χ4v) is 5.47. The summed E-state index contributed by atoms with van der Waals surface area (Å²) < 4.78 is 71.2. The second-order valence-electron chi connectivity index (χ2n) is 9.95. The number of aryl methyl sites for hydroxylation is 1. The maximum absolute atomic E-state index is 15.3. The normalized spacial score (nSPS) is 16.6. The summed E-state index contributed by atoms with van der Waals surface area (Å²) in [5, 5.41) is 7.09. The van der Waals surface area contributed by atoms with Crippen molar-refractivity contribution < 1.29 is 31.8 Å². The van der Waals surface area contributed by atoms with Crippen LogP contribution in [0, 0.1) is 24.6 Å². The highest BCUT2D eigenvalue weighted by Gasteiger charge is 2.42. The highest BCUT2D eigenvalue weighted by molar-refractivity contribution is 5.93. The Labute approximate surface area is 239 Å². The number of anilines is 2. The highest BCUT2D eigenvalue weighted by Crippen LogP contribution is 2.44. The zero-order valence-electron chi connectivity index (χ0n) is 23.4. The molecule has 10 nitrogen and oxygen atoms in total. The lowest BCUT2D eigenvalue weighted by Crippen LogP contribution is -2.29. The molecule has 3 N–H and O–H groups in total. The van der Waals surface area contributed by atoms with Crippen LogP contribution in [0.5, 0.6) is 6.01 Å². The van der Waals surface area contributed by atoms with Crippen molar-refractivity contribution in [2.45, 2.75) is 58.7 Å². The number of carbonyl (C=O) groups excluding carboxylic acids is 1. The van der Waals surface area contributed by atoms with Crippen LogP contribution in [0.25, 0.3) is 0 Å². The number of benzene rings is 1. The van der Waals surface area contributed by atoms with Gasteiger partial charge in [-0.1, -0.05) is 5.92 Å². The summed E-state index contributed by atoms with van der Waals surface area (Å²) in [7, 11) is 2.92. The minimum Gasteiger partial charge on any atom is -0.467 e. The van der Waals surface area contributed by atoms with Gasteiger partial charge in [-0.15, -0.1) is 5.92 Å². The van der Waals surface area contributed by atoms with Crippen LogP contribution in [0.2, 0.25) is 0 Å². The van der Waals surface area contributed by atoms with Crippen molar-refractivity contribution in [3.63, 3.8) is 0 Å². The van der Waals surface area contributed by atoms with Crippen molar-refractivity contribution in [2.75, 3.05) is 31.3 Å². The molecule has 0 saturated carbocycles. The van der Waals surface area contributed by atoms with Crippen molar-refractivity contribution in [3.05, 3.63) is 56.8 Å². The first-order valence-corrected chi connectivity index (χ1v) is 13.2. The van der Waals surface area contributed by atoms with Crippen LogP contribution >= 0.6 is 0 Å². The first kappa shape index (κ1) is 29.1. The van der Waals surface area contributed by atoms with E-state index in [0.29, 0.717) is 48.8 Å². The van der Waals surface area contributed by atoms with Crippen LogP contribution in [-0.2, 0) is 37.0 Å². The van der Waals surface area contributed by atoms with Crippen LogP contribution in [0.4, 0.5) is 29.1 Å². The van der Waals surface area contributed by atoms with Gasteiger partial charge in [0.05, 0.1) is 49.0 Å². The number of fused-ring (bicyclic) bond motifs is 2. The molecule has 2 aliphatic rings. The second-order valence-corrected chi connectivity index (χ2v) is 9.95. The van der Waals surface area contributed by atoms with Crippen molar-refractivity contribution >= 4 is 17.4 Å². The number of amides is 1. The predicted molar refractivity (Wildman–Crippen MR) is 144 cm³/mol. The topological polar surface area (TPSA) is 120 Å². The van der Waals surface area contributed by atoms with Gasteiger partial charge in [0.25, 0.3) is 5.91 Å². The molecule has 2 aliphatic heterocycles. The lowest BCUT2D eigenvalue weighted by molar-refractivity contribution is -0.140. The Hall–Kier alpha value is -4.38. The van der Waals surface area contributed by atoms with Crippen LogP contribution in [-0.4, -0.2) is 46.4 Å². The number of aromatic nitrogens is 4. The molecule has 0 spiro atoms. The van der Waals surface area contributed by atoms with E-state index in [-0.39, 0.29) is 24.9 Å². The van der Waals surface area contributed by atoms with Gasteiger partial charge in [-0.2, -0.15) is 28.2 Å². The number of nitrogens with two attached hydrogens (primary N) is 1. The van der Waals surface area contributed by atoms with Crippen molar-refractivity contribution in [1.29, 1.82) is 0 Å². The summed E-state index contributed by atoms with van der Waals surface area (Å²) in [6.07, 6.45) is -5.77. The summed E-state index contributed by atoms with van der Waals surface area (Å²) in [5.41, 5.74) is 5.77. The summed E-state index contributed by atoms with van der Waals surface area (Å²) in [6.45, 7) is 4.52. The third kappa shape index (κ3) is 5.09. The lowest BCUT2D eigenvalue weighted by atomic mass is 9.91. The van der Waals surface area contributed by atoms with E-state index in [9.17, 15) is 18.0 Å². The summed E-state index contributed by atoms with van der Waals surface area (Å²) >= 11 is 0. The molecule has 4 heterocycles. The van der Waals surface area contributed by atoms with Gasteiger partial charge in [0.1, 0.15) is 5.82 Å². The Bertz CT molecular complexity index is 1620. The maximum atomic E-state index is 15.3. The zero-order chi connectivity index (χ0) is 30.3. The van der Waals surface area contributed by atoms with Gasteiger partial charge in [0.2, 0.25) is 0 Å². The number of hydrogen-bond donors (Lipinski definition) is 2. The average molecular weight is 588 g/mol. The molecule has 3 aromatic rings. The third-order valence-corrected chi connectivity index (χ3v) is 7.43. The number of halogens is 4. The zero-order valence-corrected chi connectivity index (χ0v) is 23.4. The molecular weight excluding hydrogens is 558 g/mol.